The number of nitrogens with zero attached hydrogens (tertiary/aromatic N) is 4. The molecule has 1 fully saturated rings. The van der Waals surface area contributed by atoms with Gasteiger partial charge in [-0.15, -0.1) is 0 Å². The monoisotopic (exact) mass is 427 g/mol. The van der Waals surface area contributed by atoms with E-state index in [1.165, 1.54) is 11.9 Å². The normalized spacial score (nSPS) is 16.5. The van der Waals surface area contributed by atoms with Crippen molar-refractivity contribution in [2.75, 3.05) is 38.5 Å². The van der Waals surface area contributed by atoms with Crippen LogP contribution in [0.3, 0.4) is 0 Å². The average Bonchev–Trinajstić information content (AvgIpc) is 3.08. The molecule has 1 aliphatic rings. The molecule has 0 spiro atoms. The molecule has 0 atom stereocenters. The fourth-order valence-corrected chi connectivity index (χ4v) is 3.66. The van der Waals surface area contributed by atoms with E-state index < -0.39 is 0 Å². The Morgan fingerprint density at radius 1 is 1.07 bits per heavy atom. The molecule has 4 rings (SSSR count). The van der Waals surface area contributed by atoms with Crippen LogP contribution in [-0.4, -0.2) is 52.5 Å². The number of halogens is 1. The van der Waals surface area contributed by atoms with Gasteiger partial charge in [-0.1, -0.05) is 12.1 Å². The van der Waals surface area contributed by atoms with Crippen LogP contribution in [0.25, 0.3) is 17.0 Å². The maximum absolute atomic E-state index is 5.90. The van der Waals surface area contributed by atoms with E-state index in [0.717, 1.165) is 60.6 Å². The van der Waals surface area contributed by atoms with Crippen LogP contribution in [-0.2, 0) is 6.54 Å². The van der Waals surface area contributed by atoms with Crippen molar-refractivity contribution in [1.29, 1.82) is 0 Å². The molecule has 6 nitrogen and oxygen atoms in total. The fraction of sp³-hybridized carbons (Fsp3) is 0.300. The van der Waals surface area contributed by atoms with Gasteiger partial charge in [0.15, 0.2) is 4.67 Å². The zero-order valence-electron chi connectivity index (χ0n) is 15.0. The average molecular weight is 428 g/mol. The maximum atomic E-state index is 5.90. The van der Waals surface area contributed by atoms with Crippen molar-refractivity contribution in [3.8, 4) is 0 Å². The van der Waals surface area contributed by atoms with Crippen LogP contribution in [0.4, 0.5) is 5.82 Å². The Hall–Kier alpha value is -2.22. The summed E-state index contributed by atoms with van der Waals surface area (Å²) in [6.07, 6.45) is 5.71. The summed E-state index contributed by atoms with van der Waals surface area (Å²) >= 11 is 3.32. The summed E-state index contributed by atoms with van der Waals surface area (Å²) in [4.78, 5) is 13.3. The zero-order chi connectivity index (χ0) is 18.6. The molecular weight excluding hydrogens is 406 g/mol. The Labute approximate surface area is 166 Å². The lowest BCUT2D eigenvalue weighted by Gasteiger charge is -2.34. The van der Waals surface area contributed by atoms with Gasteiger partial charge >= 0.3 is 0 Å². The molecule has 0 amide bonds. The minimum absolute atomic E-state index is 0.537. The third kappa shape index (κ3) is 4.55. The lowest BCUT2D eigenvalue weighted by molar-refractivity contribution is 0.137. The summed E-state index contributed by atoms with van der Waals surface area (Å²) in [7, 11) is 0. The van der Waals surface area contributed by atoms with Crippen molar-refractivity contribution in [2.24, 2.45) is 0 Å². The van der Waals surface area contributed by atoms with Crippen LogP contribution in [0.1, 0.15) is 11.3 Å². The van der Waals surface area contributed by atoms with Crippen molar-refractivity contribution >= 4 is 38.7 Å². The predicted octanol–water partition coefficient (Wildman–Crippen LogP) is 3.40. The van der Waals surface area contributed by atoms with Crippen LogP contribution in [0, 0.1) is 0 Å². The number of piperazine rings is 1. The maximum Gasteiger partial charge on any atom is 0.169 e. The van der Waals surface area contributed by atoms with Crippen LogP contribution >= 0.6 is 15.9 Å². The van der Waals surface area contributed by atoms with Gasteiger partial charge in [0.2, 0.25) is 0 Å². The van der Waals surface area contributed by atoms with Crippen molar-refractivity contribution < 1.29 is 4.42 Å². The largest absolute Gasteiger partial charge is 0.450 e. The number of aromatic nitrogens is 2. The molecule has 0 saturated carbocycles. The van der Waals surface area contributed by atoms with E-state index in [-0.39, 0.29) is 0 Å². The molecule has 2 aromatic heterocycles. The Morgan fingerprint density at radius 2 is 1.89 bits per heavy atom. The van der Waals surface area contributed by atoms with E-state index in [1.807, 2.05) is 24.3 Å². The Balaban J connectivity index is 1.28. The number of hydrogen-bond donors (Lipinski definition) is 1. The molecule has 3 heterocycles. The zero-order valence-corrected chi connectivity index (χ0v) is 16.6. The quantitative estimate of drug-likeness (QED) is 0.672. The molecule has 1 aliphatic heterocycles. The summed E-state index contributed by atoms with van der Waals surface area (Å²) in [6.45, 7) is 6.13. The highest BCUT2D eigenvalue weighted by Gasteiger charge is 2.16. The Morgan fingerprint density at radius 3 is 2.67 bits per heavy atom. The van der Waals surface area contributed by atoms with E-state index in [0.29, 0.717) is 5.82 Å². The van der Waals surface area contributed by atoms with Crippen molar-refractivity contribution in [3.63, 3.8) is 0 Å². The number of anilines is 1. The van der Waals surface area contributed by atoms with Crippen molar-refractivity contribution in [1.82, 2.24) is 19.8 Å². The number of nitrogens with two attached hydrogens (primary N) is 1. The smallest absolute Gasteiger partial charge is 0.169 e. The van der Waals surface area contributed by atoms with Gasteiger partial charge in [0, 0.05) is 44.7 Å². The van der Waals surface area contributed by atoms with Gasteiger partial charge in [0.05, 0.1) is 5.52 Å². The predicted molar refractivity (Wildman–Crippen MR) is 111 cm³/mol. The first kappa shape index (κ1) is 18.2. The number of hydrogen-bond acceptors (Lipinski definition) is 6. The summed E-state index contributed by atoms with van der Waals surface area (Å²) < 4.78 is 6.24. The summed E-state index contributed by atoms with van der Waals surface area (Å²) in [5.74, 6) is 1.41. The first-order valence-electron chi connectivity index (χ1n) is 9.03. The third-order valence-electron chi connectivity index (χ3n) is 4.84. The van der Waals surface area contributed by atoms with E-state index in [9.17, 15) is 0 Å². The lowest BCUT2D eigenvalue weighted by atomic mass is 10.1. The first-order valence-corrected chi connectivity index (χ1v) is 9.82. The molecule has 0 radical (unpaired) electrons. The van der Waals surface area contributed by atoms with E-state index >= 15 is 0 Å². The van der Waals surface area contributed by atoms with Crippen LogP contribution in [0.15, 0.2) is 51.8 Å². The minimum atomic E-state index is 0.537. The second-order valence-electron chi connectivity index (χ2n) is 6.73. The van der Waals surface area contributed by atoms with Gasteiger partial charge in [-0.05, 0) is 51.8 Å². The van der Waals surface area contributed by atoms with Gasteiger partial charge < -0.3 is 10.2 Å². The lowest BCUT2D eigenvalue weighted by Crippen LogP contribution is -2.45. The van der Waals surface area contributed by atoms with Gasteiger partial charge in [-0.25, -0.2) is 9.97 Å². The number of nitrogen functional groups attached to an aromatic ring is 1. The molecule has 3 aromatic rings. The Kier molecular flexibility index (Phi) is 5.52. The summed E-state index contributed by atoms with van der Waals surface area (Å²) in [6, 6.07) is 10.1. The van der Waals surface area contributed by atoms with Crippen LogP contribution in [0.2, 0.25) is 0 Å². The fourth-order valence-electron chi connectivity index (χ4n) is 3.35. The molecule has 140 valence electrons. The number of fused-ring (bicyclic) bond motifs is 1. The number of rotatable bonds is 5. The van der Waals surface area contributed by atoms with Gasteiger partial charge in [0.1, 0.15) is 17.9 Å². The molecule has 0 bridgehead atoms. The Bertz CT molecular complexity index is 946. The second-order valence-corrected chi connectivity index (χ2v) is 7.51. The first-order chi connectivity index (χ1) is 13.2. The third-order valence-corrected chi connectivity index (χ3v) is 5.27. The molecule has 7 heteroatoms. The molecule has 27 heavy (non-hydrogen) atoms. The molecule has 0 aliphatic carbocycles. The molecule has 2 N–H and O–H groups in total. The highest BCUT2D eigenvalue weighted by Crippen LogP contribution is 2.19. The van der Waals surface area contributed by atoms with Crippen molar-refractivity contribution in [2.45, 2.75) is 6.54 Å². The highest BCUT2D eigenvalue weighted by molar-refractivity contribution is 9.10. The van der Waals surface area contributed by atoms with E-state index in [4.69, 9.17) is 10.2 Å². The van der Waals surface area contributed by atoms with Gasteiger partial charge in [-0.2, -0.15) is 0 Å². The molecule has 1 saturated heterocycles. The summed E-state index contributed by atoms with van der Waals surface area (Å²) in [5, 5.41) is 0.918. The highest BCUT2D eigenvalue weighted by atomic mass is 79.9. The number of furan rings is 1. The van der Waals surface area contributed by atoms with E-state index in [1.54, 1.807) is 0 Å². The SMILES string of the molecule is Nc1ncnc2cc(CN3CCN(CC=Cc4ccc(Br)o4)CC3)ccc12. The topological polar surface area (TPSA) is 71.4 Å². The van der Waals surface area contributed by atoms with Gasteiger partial charge in [-0.3, -0.25) is 9.80 Å². The summed E-state index contributed by atoms with van der Waals surface area (Å²) in [5.41, 5.74) is 8.08. The van der Waals surface area contributed by atoms with Crippen LogP contribution in [0.5, 0.6) is 0 Å². The minimum Gasteiger partial charge on any atom is -0.450 e. The van der Waals surface area contributed by atoms with Crippen LogP contribution < -0.4 is 5.73 Å². The van der Waals surface area contributed by atoms with Gasteiger partial charge in [0.25, 0.3) is 0 Å². The number of benzene rings is 1. The molecule has 0 unspecified atom stereocenters. The molecular formula is C20H22BrN5O. The second kappa shape index (κ2) is 8.21. The van der Waals surface area contributed by atoms with E-state index in [2.05, 4.69) is 53.9 Å². The molecule has 1 aromatic carbocycles. The standard InChI is InChI=1S/C20H22BrN5O/c21-19-6-4-16(27-19)2-1-7-25-8-10-26(11-9-25)13-15-3-5-17-18(12-15)23-14-24-20(17)22/h1-6,12,14H,7-11,13H2,(H2,22,23,24). The van der Waals surface area contributed by atoms with Crippen molar-refractivity contribution in [3.05, 3.63) is 58.7 Å².